The molecule has 1 aromatic rings. The Labute approximate surface area is 131 Å². The first-order valence-corrected chi connectivity index (χ1v) is 7.31. The van der Waals surface area contributed by atoms with Crippen molar-refractivity contribution in [2.45, 2.75) is 32.2 Å². The summed E-state index contributed by atoms with van der Waals surface area (Å²) in [7, 11) is 1.94. The Morgan fingerprint density at radius 2 is 2.14 bits per heavy atom. The monoisotopic (exact) mass is 313 g/mol. The zero-order valence-corrected chi connectivity index (χ0v) is 13.6. The molecule has 0 unspecified atom stereocenters. The highest BCUT2D eigenvalue weighted by atomic mass is 35.5. The van der Waals surface area contributed by atoms with Crippen molar-refractivity contribution in [2.75, 3.05) is 31.2 Å². The number of likely N-dealkylation sites (N-methyl/N-ethyl adjacent to an activating group) is 1. The average molecular weight is 314 g/mol. The van der Waals surface area contributed by atoms with Crippen molar-refractivity contribution in [3.63, 3.8) is 0 Å². The Morgan fingerprint density at radius 1 is 1.48 bits per heavy atom. The summed E-state index contributed by atoms with van der Waals surface area (Å²) < 4.78 is 0. The molecular weight excluding hydrogens is 290 g/mol. The van der Waals surface area contributed by atoms with E-state index < -0.39 is 0 Å². The summed E-state index contributed by atoms with van der Waals surface area (Å²) >= 11 is 5.81. The fourth-order valence-corrected chi connectivity index (χ4v) is 1.94. The number of hydrogen-bond donors (Lipinski definition) is 3. The minimum atomic E-state index is -0.281. The number of aliphatic hydroxyl groups excluding tert-OH is 1. The summed E-state index contributed by atoms with van der Waals surface area (Å²) in [5, 5.41) is 12.6. The Hall–Kier alpha value is -1.30. The standard InChI is InChI=1S/C15H24ClN3O2/c1-15(2,10-20)19(3)8-4-5-14(21)18-13-7-6-11(16)9-12(13)17/h6-7,9,20H,4-5,8,10,17H2,1-3H3,(H,18,21). The van der Waals surface area contributed by atoms with E-state index in [-0.39, 0.29) is 18.1 Å². The fourth-order valence-electron chi connectivity index (χ4n) is 1.76. The summed E-state index contributed by atoms with van der Waals surface area (Å²) in [6.07, 6.45) is 1.10. The number of hydrogen-bond acceptors (Lipinski definition) is 4. The Bertz CT molecular complexity index is 492. The van der Waals surface area contributed by atoms with E-state index in [0.29, 0.717) is 29.2 Å². The predicted octanol–water partition coefficient (Wildman–Crippen LogP) is 2.34. The first kappa shape index (κ1) is 17.8. The van der Waals surface area contributed by atoms with Crippen LogP contribution in [0.25, 0.3) is 0 Å². The first-order valence-electron chi connectivity index (χ1n) is 6.93. The highest BCUT2D eigenvalue weighted by Gasteiger charge is 2.21. The average Bonchev–Trinajstić information content (AvgIpc) is 2.41. The van der Waals surface area contributed by atoms with Crippen LogP contribution < -0.4 is 11.1 Å². The number of aliphatic hydroxyl groups is 1. The van der Waals surface area contributed by atoms with Crippen molar-refractivity contribution in [2.24, 2.45) is 0 Å². The molecule has 4 N–H and O–H groups in total. The molecule has 0 aromatic heterocycles. The van der Waals surface area contributed by atoms with Gasteiger partial charge in [0.1, 0.15) is 0 Å². The van der Waals surface area contributed by atoms with E-state index in [0.717, 1.165) is 6.54 Å². The summed E-state index contributed by atoms with van der Waals surface area (Å²) in [4.78, 5) is 13.9. The lowest BCUT2D eigenvalue weighted by atomic mass is 10.0. The summed E-state index contributed by atoms with van der Waals surface area (Å²) in [5.41, 5.74) is 6.54. The van der Waals surface area contributed by atoms with Crippen LogP contribution in [0.5, 0.6) is 0 Å². The normalized spacial score (nSPS) is 11.7. The van der Waals surface area contributed by atoms with Gasteiger partial charge in [-0.3, -0.25) is 9.69 Å². The number of nitrogens with two attached hydrogens (primary N) is 1. The second-order valence-electron chi connectivity index (χ2n) is 5.78. The summed E-state index contributed by atoms with van der Waals surface area (Å²) in [5.74, 6) is -0.0840. The van der Waals surface area contributed by atoms with Gasteiger partial charge in [0.25, 0.3) is 0 Å². The maximum Gasteiger partial charge on any atom is 0.224 e. The van der Waals surface area contributed by atoms with Gasteiger partial charge in [-0.2, -0.15) is 0 Å². The Balaban J connectivity index is 2.41. The van der Waals surface area contributed by atoms with E-state index in [1.54, 1.807) is 18.2 Å². The summed E-state index contributed by atoms with van der Waals surface area (Å²) in [6, 6.07) is 4.98. The van der Waals surface area contributed by atoms with Crippen LogP contribution in [0.4, 0.5) is 11.4 Å². The van der Waals surface area contributed by atoms with E-state index in [4.69, 9.17) is 17.3 Å². The van der Waals surface area contributed by atoms with Gasteiger partial charge in [-0.25, -0.2) is 0 Å². The molecule has 6 heteroatoms. The lowest BCUT2D eigenvalue weighted by Gasteiger charge is -2.33. The van der Waals surface area contributed by atoms with Gasteiger partial charge in [0.05, 0.1) is 18.0 Å². The molecule has 1 aromatic carbocycles. The number of nitrogens with zero attached hydrogens (tertiary/aromatic N) is 1. The van der Waals surface area contributed by atoms with Crippen molar-refractivity contribution in [3.8, 4) is 0 Å². The minimum Gasteiger partial charge on any atom is -0.397 e. The number of amides is 1. The van der Waals surface area contributed by atoms with Crippen LogP contribution in [0.3, 0.4) is 0 Å². The molecule has 0 fully saturated rings. The van der Waals surface area contributed by atoms with Crippen LogP contribution in [-0.4, -0.2) is 41.7 Å². The number of benzene rings is 1. The third kappa shape index (κ3) is 5.53. The van der Waals surface area contributed by atoms with Crippen molar-refractivity contribution in [1.82, 2.24) is 4.90 Å². The fraction of sp³-hybridized carbons (Fsp3) is 0.533. The predicted molar refractivity (Wildman–Crippen MR) is 87.5 cm³/mol. The number of halogens is 1. The second-order valence-corrected chi connectivity index (χ2v) is 6.21. The van der Waals surface area contributed by atoms with Crippen LogP contribution in [0.2, 0.25) is 5.02 Å². The number of rotatable bonds is 7. The van der Waals surface area contributed by atoms with Crippen LogP contribution in [-0.2, 0) is 4.79 Å². The Kier molecular flexibility index (Phi) is 6.45. The van der Waals surface area contributed by atoms with Gasteiger partial charge in [-0.05, 0) is 52.1 Å². The van der Waals surface area contributed by atoms with Crippen LogP contribution in [0, 0.1) is 0 Å². The van der Waals surface area contributed by atoms with Gasteiger partial charge < -0.3 is 16.2 Å². The molecule has 0 bridgehead atoms. The molecular formula is C15H24ClN3O2. The largest absolute Gasteiger partial charge is 0.397 e. The maximum absolute atomic E-state index is 11.9. The SMILES string of the molecule is CN(CCCC(=O)Nc1ccc(Cl)cc1N)C(C)(C)CO. The highest BCUT2D eigenvalue weighted by Crippen LogP contribution is 2.22. The van der Waals surface area contributed by atoms with Gasteiger partial charge >= 0.3 is 0 Å². The van der Waals surface area contributed by atoms with Crippen LogP contribution >= 0.6 is 11.6 Å². The molecule has 0 saturated carbocycles. The quantitative estimate of drug-likeness (QED) is 0.675. The van der Waals surface area contributed by atoms with Crippen molar-refractivity contribution >= 4 is 28.9 Å². The highest BCUT2D eigenvalue weighted by molar-refractivity contribution is 6.31. The molecule has 0 aliphatic carbocycles. The van der Waals surface area contributed by atoms with Crippen molar-refractivity contribution < 1.29 is 9.90 Å². The molecule has 5 nitrogen and oxygen atoms in total. The smallest absolute Gasteiger partial charge is 0.224 e. The first-order chi connectivity index (χ1) is 9.76. The van der Waals surface area contributed by atoms with Crippen molar-refractivity contribution in [3.05, 3.63) is 23.2 Å². The van der Waals surface area contributed by atoms with Crippen molar-refractivity contribution in [1.29, 1.82) is 0 Å². The van der Waals surface area contributed by atoms with E-state index in [1.807, 2.05) is 25.8 Å². The third-order valence-electron chi connectivity index (χ3n) is 3.61. The number of carbonyl (C=O) groups excluding carboxylic acids is 1. The zero-order valence-electron chi connectivity index (χ0n) is 12.8. The molecule has 0 aliphatic rings. The molecule has 1 amide bonds. The van der Waals surface area contributed by atoms with Gasteiger partial charge in [-0.15, -0.1) is 0 Å². The maximum atomic E-state index is 11.9. The minimum absolute atomic E-state index is 0.0804. The number of nitrogens with one attached hydrogen (secondary N) is 1. The number of nitrogen functional groups attached to an aromatic ring is 1. The van der Waals surface area contributed by atoms with Gasteiger partial charge in [0.15, 0.2) is 0 Å². The lowest BCUT2D eigenvalue weighted by Crippen LogP contribution is -2.44. The van der Waals surface area contributed by atoms with Gasteiger partial charge in [0, 0.05) is 17.0 Å². The number of anilines is 2. The molecule has 0 radical (unpaired) electrons. The van der Waals surface area contributed by atoms with Crippen LogP contribution in [0.1, 0.15) is 26.7 Å². The molecule has 0 atom stereocenters. The van der Waals surface area contributed by atoms with E-state index >= 15 is 0 Å². The molecule has 1 rings (SSSR count). The van der Waals surface area contributed by atoms with Gasteiger partial charge in [0.2, 0.25) is 5.91 Å². The number of carbonyl (C=O) groups is 1. The Morgan fingerprint density at radius 3 is 2.71 bits per heavy atom. The third-order valence-corrected chi connectivity index (χ3v) is 3.84. The van der Waals surface area contributed by atoms with Gasteiger partial charge in [-0.1, -0.05) is 11.6 Å². The van der Waals surface area contributed by atoms with E-state index in [2.05, 4.69) is 5.32 Å². The summed E-state index contributed by atoms with van der Waals surface area (Å²) in [6.45, 7) is 4.73. The zero-order chi connectivity index (χ0) is 16.0. The molecule has 0 spiro atoms. The van der Waals surface area contributed by atoms with E-state index in [9.17, 15) is 9.90 Å². The van der Waals surface area contributed by atoms with E-state index in [1.165, 1.54) is 0 Å². The molecule has 0 aliphatic heterocycles. The van der Waals surface area contributed by atoms with Crippen LogP contribution in [0.15, 0.2) is 18.2 Å². The molecule has 0 saturated heterocycles. The topological polar surface area (TPSA) is 78.6 Å². The molecule has 118 valence electrons. The molecule has 21 heavy (non-hydrogen) atoms. The molecule has 0 heterocycles. The lowest BCUT2D eigenvalue weighted by molar-refractivity contribution is -0.116. The second kappa shape index (κ2) is 7.64.